The van der Waals surface area contributed by atoms with Crippen LogP contribution in [0.15, 0.2) is 53.0 Å². The fourth-order valence-electron chi connectivity index (χ4n) is 1.99. The molecule has 2 heterocycles. The molecule has 0 bridgehead atoms. The van der Waals surface area contributed by atoms with Gasteiger partial charge in [0.25, 0.3) is 0 Å². The number of carbonyl (C=O) groups is 2. The van der Waals surface area contributed by atoms with E-state index in [-0.39, 0.29) is 12.5 Å². The molecule has 122 valence electrons. The largest absolute Gasteiger partial charge is 0.468 e. The van der Waals surface area contributed by atoms with Crippen LogP contribution in [-0.4, -0.2) is 29.9 Å². The highest BCUT2D eigenvalue weighted by atomic mass is 32.1. The SMILES string of the molecule is C=CCNC(=O)NC(=O)CN(Cc1ccco1)Cc1cccs1. The van der Waals surface area contributed by atoms with E-state index in [9.17, 15) is 9.59 Å². The van der Waals surface area contributed by atoms with E-state index in [0.29, 0.717) is 19.6 Å². The van der Waals surface area contributed by atoms with E-state index in [1.54, 1.807) is 23.7 Å². The molecule has 0 saturated carbocycles. The van der Waals surface area contributed by atoms with Gasteiger partial charge < -0.3 is 9.73 Å². The standard InChI is InChI=1S/C16H19N3O3S/c1-2-7-17-16(21)18-15(20)12-19(10-13-5-3-8-22-13)11-14-6-4-9-23-14/h2-6,8-9H,1,7,10-12H2,(H2,17,18,20,21). The third kappa shape index (κ3) is 6.09. The summed E-state index contributed by atoms with van der Waals surface area (Å²) in [5, 5.41) is 6.79. The summed E-state index contributed by atoms with van der Waals surface area (Å²) in [6.45, 7) is 5.01. The van der Waals surface area contributed by atoms with Crippen LogP contribution >= 0.6 is 11.3 Å². The second-order valence-corrected chi connectivity index (χ2v) is 5.88. The maximum absolute atomic E-state index is 12.0. The number of hydrogen-bond donors (Lipinski definition) is 2. The number of imide groups is 1. The highest BCUT2D eigenvalue weighted by Crippen LogP contribution is 2.14. The third-order valence-electron chi connectivity index (χ3n) is 2.95. The minimum absolute atomic E-state index is 0.0973. The minimum atomic E-state index is -0.524. The number of urea groups is 1. The Bertz CT molecular complexity index is 587. The van der Waals surface area contributed by atoms with Crippen LogP contribution in [0.25, 0.3) is 0 Å². The van der Waals surface area contributed by atoms with Gasteiger partial charge in [-0.1, -0.05) is 12.1 Å². The molecule has 2 N–H and O–H groups in total. The topological polar surface area (TPSA) is 74.6 Å². The van der Waals surface area contributed by atoms with Gasteiger partial charge in [0.15, 0.2) is 0 Å². The molecule has 0 spiro atoms. The number of thiophene rings is 1. The monoisotopic (exact) mass is 333 g/mol. The van der Waals surface area contributed by atoms with Crippen molar-refractivity contribution in [2.75, 3.05) is 13.1 Å². The van der Waals surface area contributed by atoms with Gasteiger partial charge in [-0.3, -0.25) is 15.0 Å². The molecule has 2 rings (SSSR count). The molecule has 0 unspecified atom stereocenters. The molecule has 0 saturated heterocycles. The van der Waals surface area contributed by atoms with Crippen LogP contribution in [0.2, 0.25) is 0 Å². The fourth-order valence-corrected chi connectivity index (χ4v) is 2.74. The van der Waals surface area contributed by atoms with E-state index < -0.39 is 6.03 Å². The number of nitrogens with one attached hydrogen (secondary N) is 2. The van der Waals surface area contributed by atoms with Crippen LogP contribution in [0.4, 0.5) is 4.79 Å². The van der Waals surface area contributed by atoms with E-state index in [1.165, 1.54) is 0 Å². The lowest BCUT2D eigenvalue weighted by Gasteiger charge is -2.19. The normalized spacial score (nSPS) is 10.5. The van der Waals surface area contributed by atoms with Crippen LogP contribution in [0, 0.1) is 0 Å². The number of carbonyl (C=O) groups excluding carboxylic acids is 2. The van der Waals surface area contributed by atoms with Crippen molar-refractivity contribution in [2.45, 2.75) is 13.1 Å². The predicted molar refractivity (Wildman–Crippen MR) is 88.9 cm³/mol. The summed E-state index contributed by atoms with van der Waals surface area (Å²) in [4.78, 5) is 26.6. The van der Waals surface area contributed by atoms with Crippen molar-refractivity contribution in [3.63, 3.8) is 0 Å². The highest BCUT2D eigenvalue weighted by Gasteiger charge is 2.15. The average Bonchev–Trinajstić information content (AvgIpc) is 3.18. The molecule has 0 radical (unpaired) electrons. The van der Waals surface area contributed by atoms with E-state index in [2.05, 4.69) is 17.2 Å². The summed E-state index contributed by atoms with van der Waals surface area (Å²) in [7, 11) is 0. The van der Waals surface area contributed by atoms with E-state index in [0.717, 1.165) is 10.6 Å². The molecule has 7 heteroatoms. The number of hydrogen-bond acceptors (Lipinski definition) is 5. The van der Waals surface area contributed by atoms with Crippen molar-refractivity contribution in [3.05, 3.63) is 59.2 Å². The molecule has 3 amide bonds. The first-order valence-electron chi connectivity index (χ1n) is 7.13. The molecule has 2 aromatic heterocycles. The van der Waals surface area contributed by atoms with Crippen molar-refractivity contribution >= 4 is 23.3 Å². The maximum Gasteiger partial charge on any atom is 0.321 e. The Kier molecular flexibility index (Phi) is 6.58. The van der Waals surface area contributed by atoms with Crippen LogP contribution < -0.4 is 10.6 Å². The summed E-state index contributed by atoms with van der Waals surface area (Å²) in [5.41, 5.74) is 0. The number of amides is 3. The summed E-state index contributed by atoms with van der Waals surface area (Å²) in [6, 6.07) is 7.11. The Morgan fingerprint density at radius 2 is 2.17 bits per heavy atom. The smallest absolute Gasteiger partial charge is 0.321 e. The predicted octanol–water partition coefficient (Wildman–Crippen LogP) is 2.36. The minimum Gasteiger partial charge on any atom is -0.468 e. The Labute approximate surface area is 138 Å². The highest BCUT2D eigenvalue weighted by molar-refractivity contribution is 7.09. The van der Waals surface area contributed by atoms with Crippen LogP contribution in [0.5, 0.6) is 0 Å². The molecule has 0 aliphatic carbocycles. The molecule has 0 aliphatic heterocycles. The molecule has 6 nitrogen and oxygen atoms in total. The van der Waals surface area contributed by atoms with E-state index in [4.69, 9.17) is 4.42 Å². The first kappa shape index (κ1) is 17.0. The fraction of sp³-hybridized carbons (Fsp3) is 0.250. The maximum atomic E-state index is 12.0. The Morgan fingerprint density at radius 1 is 1.30 bits per heavy atom. The molecule has 23 heavy (non-hydrogen) atoms. The van der Waals surface area contributed by atoms with Gasteiger partial charge >= 0.3 is 6.03 Å². The second-order valence-electron chi connectivity index (χ2n) is 4.85. The van der Waals surface area contributed by atoms with Crippen molar-refractivity contribution < 1.29 is 14.0 Å². The first-order valence-corrected chi connectivity index (χ1v) is 8.01. The number of nitrogens with zero attached hydrogens (tertiary/aromatic N) is 1. The summed E-state index contributed by atoms with van der Waals surface area (Å²) in [5.74, 6) is 0.403. The lowest BCUT2D eigenvalue weighted by atomic mass is 10.3. The van der Waals surface area contributed by atoms with Crippen molar-refractivity contribution in [1.82, 2.24) is 15.5 Å². The Hall–Kier alpha value is -2.38. The molecular formula is C16H19N3O3S. The Balaban J connectivity index is 1.91. The molecule has 0 fully saturated rings. The van der Waals surface area contributed by atoms with Crippen molar-refractivity contribution in [3.8, 4) is 0 Å². The van der Waals surface area contributed by atoms with E-state index >= 15 is 0 Å². The zero-order valence-electron chi connectivity index (χ0n) is 12.7. The Morgan fingerprint density at radius 3 is 2.83 bits per heavy atom. The summed E-state index contributed by atoms with van der Waals surface area (Å²) >= 11 is 1.62. The number of furan rings is 1. The molecular weight excluding hydrogens is 314 g/mol. The third-order valence-corrected chi connectivity index (χ3v) is 3.81. The molecule has 0 atom stereocenters. The van der Waals surface area contributed by atoms with E-state index in [1.807, 2.05) is 34.5 Å². The van der Waals surface area contributed by atoms with Crippen LogP contribution in [0.1, 0.15) is 10.6 Å². The van der Waals surface area contributed by atoms with Gasteiger partial charge in [-0.2, -0.15) is 0 Å². The van der Waals surface area contributed by atoms with Gasteiger partial charge in [0.2, 0.25) is 5.91 Å². The van der Waals surface area contributed by atoms with Crippen LogP contribution in [-0.2, 0) is 17.9 Å². The van der Waals surface area contributed by atoms with Gasteiger partial charge in [-0.05, 0) is 23.6 Å². The van der Waals surface area contributed by atoms with Gasteiger partial charge in [0.1, 0.15) is 5.76 Å². The zero-order valence-corrected chi connectivity index (χ0v) is 13.5. The summed E-state index contributed by atoms with van der Waals surface area (Å²) in [6.07, 6.45) is 3.14. The van der Waals surface area contributed by atoms with Crippen LogP contribution in [0.3, 0.4) is 0 Å². The van der Waals surface area contributed by atoms with Crippen molar-refractivity contribution in [1.29, 1.82) is 0 Å². The molecule has 2 aromatic rings. The quantitative estimate of drug-likeness (QED) is 0.727. The first-order chi connectivity index (χ1) is 11.2. The summed E-state index contributed by atoms with van der Waals surface area (Å²) < 4.78 is 5.34. The number of rotatable bonds is 8. The average molecular weight is 333 g/mol. The van der Waals surface area contributed by atoms with Gasteiger partial charge in [0, 0.05) is 18.0 Å². The van der Waals surface area contributed by atoms with Gasteiger partial charge in [0.05, 0.1) is 19.4 Å². The zero-order chi connectivity index (χ0) is 16.5. The molecule has 0 aliphatic rings. The van der Waals surface area contributed by atoms with Gasteiger partial charge in [-0.25, -0.2) is 4.79 Å². The lowest BCUT2D eigenvalue weighted by Crippen LogP contribution is -2.44. The van der Waals surface area contributed by atoms with Gasteiger partial charge in [-0.15, -0.1) is 17.9 Å². The second kappa shape index (κ2) is 8.92. The molecule has 0 aromatic carbocycles. The lowest BCUT2D eigenvalue weighted by molar-refractivity contribution is -0.121. The van der Waals surface area contributed by atoms with Crippen molar-refractivity contribution in [2.24, 2.45) is 0 Å².